The van der Waals surface area contributed by atoms with Crippen molar-refractivity contribution in [1.82, 2.24) is 15.2 Å². The van der Waals surface area contributed by atoms with E-state index in [1.165, 1.54) is 12.1 Å². The number of nitriles is 1. The Kier molecular flexibility index (Phi) is 9.50. The molecule has 1 atom stereocenters. The van der Waals surface area contributed by atoms with Gasteiger partial charge < -0.3 is 15.5 Å². The van der Waals surface area contributed by atoms with Gasteiger partial charge in [-0.15, -0.1) is 11.6 Å². The molecule has 2 amide bonds. The number of piperidine rings is 1. The molecule has 2 aromatic carbocycles. The van der Waals surface area contributed by atoms with Gasteiger partial charge in [0, 0.05) is 31.1 Å². The Bertz CT molecular complexity index is 1360. The molecule has 201 valence electrons. The number of hydrogen-bond donors (Lipinski definition) is 2. The summed E-state index contributed by atoms with van der Waals surface area (Å²) in [6.45, 7) is 1.23. The Labute approximate surface area is 233 Å². The molecule has 1 aliphatic rings. The zero-order chi connectivity index (χ0) is 27.7. The molecule has 2 heterocycles. The third-order valence-electron chi connectivity index (χ3n) is 7.15. The van der Waals surface area contributed by atoms with E-state index in [0.717, 1.165) is 24.8 Å². The molecular formula is C30H30ClFN5O2. The highest BCUT2D eigenvalue weighted by Crippen LogP contribution is 2.31. The lowest BCUT2D eigenvalue weighted by molar-refractivity contribution is 0.0832. The summed E-state index contributed by atoms with van der Waals surface area (Å²) in [5.41, 5.74) is 2.22. The fourth-order valence-corrected chi connectivity index (χ4v) is 5.39. The first-order chi connectivity index (χ1) is 19.0. The second kappa shape index (κ2) is 13.2. The number of rotatable bonds is 11. The maximum Gasteiger partial charge on any atom is 0.312 e. The molecule has 9 heteroatoms. The molecule has 1 radical (unpaired) electrons. The Balaban J connectivity index is 1.59. The number of alkyl halides is 1. The summed E-state index contributed by atoms with van der Waals surface area (Å²) < 4.78 is 13.6. The van der Waals surface area contributed by atoms with E-state index in [0.29, 0.717) is 60.0 Å². The van der Waals surface area contributed by atoms with Gasteiger partial charge in [-0.05, 0) is 68.0 Å². The van der Waals surface area contributed by atoms with E-state index in [4.69, 9.17) is 16.6 Å². The third-order valence-corrected chi connectivity index (χ3v) is 7.34. The van der Waals surface area contributed by atoms with Gasteiger partial charge in [-0.3, -0.25) is 9.59 Å². The Morgan fingerprint density at radius 3 is 2.77 bits per heavy atom. The van der Waals surface area contributed by atoms with E-state index in [-0.39, 0.29) is 18.3 Å². The highest BCUT2D eigenvalue weighted by atomic mass is 35.5. The largest absolute Gasteiger partial charge is 0.369 e. The number of likely N-dealkylation sites (tertiary alicyclic amines) is 1. The third kappa shape index (κ3) is 6.73. The quantitative estimate of drug-likeness (QED) is 0.327. The van der Waals surface area contributed by atoms with Gasteiger partial charge in [0.05, 0.1) is 28.4 Å². The smallest absolute Gasteiger partial charge is 0.312 e. The normalized spacial score (nSPS) is 16.8. The van der Waals surface area contributed by atoms with Gasteiger partial charge in [-0.2, -0.15) is 5.26 Å². The molecule has 0 bridgehead atoms. The van der Waals surface area contributed by atoms with Gasteiger partial charge in [0.15, 0.2) is 0 Å². The van der Waals surface area contributed by atoms with Crippen molar-refractivity contribution >= 4 is 29.7 Å². The highest BCUT2D eigenvalue weighted by Gasteiger charge is 2.38. The maximum absolute atomic E-state index is 13.6. The lowest BCUT2D eigenvalue weighted by Gasteiger charge is -2.44. The van der Waals surface area contributed by atoms with Crippen molar-refractivity contribution < 1.29 is 14.0 Å². The number of amides is 2. The molecule has 1 saturated heterocycles. The number of anilines is 1. The number of nitrogens with zero attached hydrogens (tertiary/aromatic N) is 3. The van der Waals surface area contributed by atoms with E-state index in [1.54, 1.807) is 41.3 Å². The number of nitrogens with one attached hydrogen (secondary N) is 2. The van der Waals surface area contributed by atoms with Gasteiger partial charge in [-0.1, -0.05) is 30.3 Å². The number of carbonyl (C=O) groups excluding carboxylic acids is 2. The van der Waals surface area contributed by atoms with Crippen molar-refractivity contribution in [3.63, 3.8) is 0 Å². The topological polar surface area (TPSA) is 98.1 Å². The molecule has 39 heavy (non-hydrogen) atoms. The standard InChI is InChI=1S/C30H30ClFN5O2/c31-15-14-30(13-3-4-17-37(30)21-38)20-35-29(39)26-10-11-27(25-9-2-1-7-23(25)19-33)36-28(26)34-16-12-22-6-5-8-24(32)18-22/h1-2,5-11,18H,3-4,12-17,20H2,(H,34,36)(H,35,39)/t30-/m1/s1. The molecule has 0 aliphatic carbocycles. The summed E-state index contributed by atoms with van der Waals surface area (Å²) in [4.78, 5) is 31.5. The van der Waals surface area contributed by atoms with Crippen LogP contribution in [0.2, 0.25) is 0 Å². The predicted molar refractivity (Wildman–Crippen MR) is 150 cm³/mol. The summed E-state index contributed by atoms with van der Waals surface area (Å²) in [6.07, 6.45) is 5.66. The molecule has 7 nitrogen and oxygen atoms in total. The van der Waals surface area contributed by atoms with Crippen LogP contribution in [-0.2, 0) is 11.2 Å². The minimum atomic E-state index is -0.582. The van der Waals surface area contributed by atoms with E-state index in [2.05, 4.69) is 16.7 Å². The summed E-state index contributed by atoms with van der Waals surface area (Å²) in [5, 5.41) is 15.8. The van der Waals surface area contributed by atoms with Crippen LogP contribution in [0, 0.1) is 17.1 Å². The minimum Gasteiger partial charge on any atom is -0.369 e. The zero-order valence-corrected chi connectivity index (χ0v) is 22.3. The van der Waals surface area contributed by atoms with Crippen LogP contribution in [0.1, 0.15) is 47.2 Å². The van der Waals surface area contributed by atoms with Crippen molar-refractivity contribution in [1.29, 1.82) is 5.26 Å². The molecule has 0 unspecified atom stereocenters. The Morgan fingerprint density at radius 2 is 2.00 bits per heavy atom. The molecule has 1 aliphatic heterocycles. The van der Waals surface area contributed by atoms with Crippen molar-refractivity contribution in [3.8, 4) is 17.3 Å². The average molecular weight is 547 g/mol. The van der Waals surface area contributed by atoms with Crippen LogP contribution in [0.4, 0.5) is 10.2 Å². The first-order valence-electron chi connectivity index (χ1n) is 13.0. The molecule has 1 aromatic heterocycles. The zero-order valence-electron chi connectivity index (χ0n) is 21.6. The number of hydrogen-bond acceptors (Lipinski definition) is 5. The molecular weight excluding hydrogens is 517 g/mol. The maximum atomic E-state index is 13.6. The number of carbonyl (C=O) groups is 1. The number of halogens is 2. The van der Waals surface area contributed by atoms with Crippen LogP contribution in [0.25, 0.3) is 11.3 Å². The van der Waals surface area contributed by atoms with Crippen molar-refractivity contribution in [2.75, 3.05) is 30.8 Å². The first-order valence-corrected chi connectivity index (χ1v) is 13.5. The summed E-state index contributed by atoms with van der Waals surface area (Å²) >= 11 is 6.09. The first kappa shape index (κ1) is 28.1. The second-order valence-corrected chi connectivity index (χ2v) is 9.98. The number of pyridine rings is 1. The average Bonchev–Trinajstić information content (AvgIpc) is 2.96. The van der Waals surface area contributed by atoms with Crippen molar-refractivity contribution in [3.05, 3.63) is 83.2 Å². The molecule has 0 spiro atoms. The van der Waals surface area contributed by atoms with Crippen LogP contribution < -0.4 is 10.6 Å². The van der Waals surface area contributed by atoms with E-state index in [1.807, 2.05) is 18.5 Å². The van der Waals surface area contributed by atoms with E-state index >= 15 is 0 Å². The Morgan fingerprint density at radius 1 is 1.15 bits per heavy atom. The van der Waals surface area contributed by atoms with Crippen LogP contribution in [-0.4, -0.2) is 53.3 Å². The summed E-state index contributed by atoms with van der Waals surface area (Å²) in [6, 6.07) is 19.0. The minimum absolute atomic E-state index is 0.246. The highest BCUT2D eigenvalue weighted by molar-refractivity contribution is 6.17. The summed E-state index contributed by atoms with van der Waals surface area (Å²) in [7, 11) is 0. The van der Waals surface area contributed by atoms with Gasteiger partial charge in [0.2, 0.25) is 0 Å². The second-order valence-electron chi connectivity index (χ2n) is 9.60. The molecule has 2 N–H and O–H groups in total. The lowest BCUT2D eigenvalue weighted by Crippen LogP contribution is -2.57. The fraction of sp³-hybridized carbons (Fsp3) is 0.333. The van der Waals surface area contributed by atoms with Gasteiger partial charge >= 0.3 is 6.41 Å². The van der Waals surface area contributed by atoms with Crippen molar-refractivity contribution in [2.45, 2.75) is 37.6 Å². The molecule has 4 rings (SSSR count). The van der Waals surface area contributed by atoms with Crippen LogP contribution >= 0.6 is 11.6 Å². The monoisotopic (exact) mass is 546 g/mol. The number of benzene rings is 2. The number of aromatic nitrogens is 1. The van der Waals surface area contributed by atoms with Gasteiger partial charge in [0.1, 0.15) is 11.6 Å². The van der Waals surface area contributed by atoms with Crippen LogP contribution in [0.15, 0.2) is 60.7 Å². The SMILES string of the molecule is N#Cc1ccccc1-c1ccc(C(=O)NC[C@]2(CCCl)CCCCN2[C]=O)c(NCCc2cccc(F)c2)n1. The summed E-state index contributed by atoms with van der Waals surface area (Å²) in [5.74, 6) is 0.0513. The molecule has 3 aromatic rings. The van der Waals surface area contributed by atoms with Gasteiger partial charge in [0.25, 0.3) is 5.91 Å². The van der Waals surface area contributed by atoms with Crippen LogP contribution in [0.5, 0.6) is 0 Å². The lowest BCUT2D eigenvalue weighted by atomic mass is 9.84. The van der Waals surface area contributed by atoms with E-state index in [9.17, 15) is 19.2 Å². The molecule has 1 fully saturated rings. The van der Waals surface area contributed by atoms with E-state index < -0.39 is 5.54 Å². The molecule has 0 saturated carbocycles. The predicted octanol–water partition coefficient (Wildman–Crippen LogP) is 5.06. The Hall–Kier alpha value is -3.96. The van der Waals surface area contributed by atoms with Crippen molar-refractivity contribution in [2.24, 2.45) is 0 Å². The van der Waals surface area contributed by atoms with Gasteiger partial charge in [-0.25, -0.2) is 9.37 Å². The van der Waals surface area contributed by atoms with Crippen LogP contribution in [0.3, 0.4) is 0 Å². The fourth-order valence-electron chi connectivity index (χ4n) is 5.04.